The van der Waals surface area contributed by atoms with Crippen molar-refractivity contribution in [3.63, 3.8) is 0 Å². The number of aromatic nitrogens is 3. The van der Waals surface area contributed by atoms with Crippen LogP contribution in [0.2, 0.25) is 0 Å². The second kappa shape index (κ2) is 8.96. The Morgan fingerprint density at radius 3 is 2.53 bits per heavy atom. The third-order valence-electron chi connectivity index (χ3n) is 4.76. The van der Waals surface area contributed by atoms with E-state index in [4.69, 9.17) is 11.1 Å². The highest BCUT2D eigenvalue weighted by molar-refractivity contribution is 6.12. The molecule has 5 N–H and O–H groups in total. The maximum absolute atomic E-state index is 14.6. The molecule has 0 aliphatic heterocycles. The van der Waals surface area contributed by atoms with Crippen LogP contribution in [0.3, 0.4) is 0 Å². The highest BCUT2D eigenvalue weighted by atomic mass is 19.1. The van der Waals surface area contributed by atoms with Gasteiger partial charge >= 0.3 is 0 Å². The predicted octanol–water partition coefficient (Wildman–Crippen LogP) is 4.33. The van der Waals surface area contributed by atoms with Crippen molar-refractivity contribution in [3.8, 4) is 11.4 Å². The average molecular weight is 410 g/mol. The third kappa shape index (κ3) is 4.60. The Hall–Kier alpha value is -3.39. The lowest BCUT2D eigenvalue weighted by molar-refractivity contribution is 0.424. The van der Waals surface area contributed by atoms with Crippen molar-refractivity contribution < 1.29 is 8.78 Å². The molecule has 2 aromatic carbocycles. The van der Waals surface area contributed by atoms with E-state index in [0.29, 0.717) is 11.4 Å². The monoisotopic (exact) mass is 410 g/mol. The zero-order valence-corrected chi connectivity index (χ0v) is 17.0. The molecule has 0 spiro atoms. The Labute approximate surface area is 173 Å². The Balaban J connectivity index is 1.91. The number of hydrogen-bond donors (Lipinski definition) is 4. The number of nitrogens with one attached hydrogen (secondary N) is 3. The van der Waals surface area contributed by atoms with E-state index in [1.165, 1.54) is 30.3 Å². The first-order valence-corrected chi connectivity index (χ1v) is 9.51. The molecule has 1 unspecified atom stereocenters. The summed E-state index contributed by atoms with van der Waals surface area (Å²) in [7, 11) is 1.82. The van der Waals surface area contributed by atoms with E-state index in [-0.39, 0.29) is 40.6 Å². The molecule has 3 aromatic rings. The standard InChI is InChI=1S/C22H24F2N6/c1-12(2)20(27-3)22-28-21(29-30-22)15-10-16(19(26)11-17(15)24)18(25)9-6-13-4-7-14(23)8-5-13/h4-12,20,25,27H,26H2,1-3H3,(H,28,29,30)/b9-6+,25-18?. The minimum Gasteiger partial charge on any atom is -0.398 e. The van der Waals surface area contributed by atoms with Crippen molar-refractivity contribution in [2.45, 2.75) is 19.9 Å². The number of H-pyrrole nitrogens is 1. The largest absolute Gasteiger partial charge is 0.398 e. The summed E-state index contributed by atoms with van der Waals surface area (Å²) < 4.78 is 27.6. The zero-order valence-electron chi connectivity index (χ0n) is 17.0. The van der Waals surface area contributed by atoms with Gasteiger partial charge in [0, 0.05) is 11.3 Å². The van der Waals surface area contributed by atoms with Gasteiger partial charge in [0.1, 0.15) is 17.5 Å². The van der Waals surface area contributed by atoms with Crippen molar-refractivity contribution in [1.29, 1.82) is 5.41 Å². The van der Waals surface area contributed by atoms with Crippen LogP contribution in [0.4, 0.5) is 14.5 Å². The molecule has 0 saturated carbocycles. The quantitative estimate of drug-likeness (QED) is 0.344. The molecular weight excluding hydrogens is 386 g/mol. The SMILES string of the molecule is CNC(c1nc(-c2cc(C(=N)/C=C/c3ccc(F)cc3)c(N)cc2F)n[nH]1)C(C)C. The van der Waals surface area contributed by atoms with Crippen LogP contribution in [0.5, 0.6) is 0 Å². The van der Waals surface area contributed by atoms with Gasteiger partial charge < -0.3 is 16.5 Å². The summed E-state index contributed by atoms with van der Waals surface area (Å²) >= 11 is 0. The number of allylic oxidation sites excluding steroid dienone is 1. The number of aromatic amines is 1. The van der Waals surface area contributed by atoms with Crippen molar-refractivity contribution >= 4 is 17.5 Å². The van der Waals surface area contributed by atoms with E-state index in [1.54, 1.807) is 18.2 Å². The summed E-state index contributed by atoms with van der Waals surface area (Å²) in [6, 6.07) is 8.45. The fourth-order valence-corrected chi connectivity index (χ4v) is 3.16. The van der Waals surface area contributed by atoms with Crippen LogP contribution >= 0.6 is 0 Å². The van der Waals surface area contributed by atoms with Gasteiger partial charge in [-0.1, -0.05) is 32.1 Å². The van der Waals surface area contributed by atoms with Crippen molar-refractivity contribution in [3.05, 3.63) is 71.1 Å². The summed E-state index contributed by atoms with van der Waals surface area (Å²) in [6.45, 7) is 4.08. The molecule has 0 amide bonds. The average Bonchev–Trinajstić information content (AvgIpc) is 3.17. The van der Waals surface area contributed by atoms with E-state index >= 15 is 0 Å². The second-order valence-corrected chi connectivity index (χ2v) is 7.27. The molecule has 0 aliphatic carbocycles. The number of nitrogens with two attached hydrogens (primary N) is 1. The number of halogens is 2. The van der Waals surface area contributed by atoms with Gasteiger partial charge in [0.25, 0.3) is 0 Å². The third-order valence-corrected chi connectivity index (χ3v) is 4.76. The normalized spacial score (nSPS) is 12.6. The van der Waals surface area contributed by atoms with Crippen LogP contribution in [0, 0.1) is 23.0 Å². The van der Waals surface area contributed by atoms with Gasteiger partial charge in [-0.15, -0.1) is 0 Å². The molecule has 1 atom stereocenters. The van der Waals surface area contributed by atoms with Gasteiger partial charge in [-0.05, 0) is 48.9 Å². The molecule has 30 heavy (non-hydrogen) atoms. The fraction of sp³-hybridized carbons (Fsp3) is 0.227. The number of nitrogens with zero attached hydrogens (tertiary/aromatic N) is 2. The first kappa shape index (κ1) is 21.3. The molecule has 1 heterocycles. The Morgan fingerprint density at radius 1 is 1.20 bits per heavy atom. The van der Waals surface area contributed by atoms with E-state index in [9.17, 15) is 8.78 Å². The van der Waals surface area contributed by atoms with Crippen molar-refractivity contribution in [1.82, 2.24) is 20.5 Å². The first-order chi connectivity index (χ1) is 14.3. The van der Waals surface area contributed by atoms with E-state index in [2.05, 4.69) is 20.5 Å². The van der Waals surface area contributed by atoms with Crippen LogP contribution in [-0.4, -0.2) is 27.9 Å². The molecular formula is C22H24F2N6. The number of rotatable bonds is 7. The minimum absolute atomic E-state index is 0.0560. The van der Waals surface area contributed by atoms with Crippen molar-refractivity contribution in [2.24, 2.45) is 5.92 Å². The number of benzene rings is 2. The fourth-order valence-electron chi connectivity index (χ4n) is 3.16. The highest BCUT2D eigenvalue weighted by Gasteiger charge is 2.20. The molecule has 0 bridgehead atoms. The number of anilines is 1. The molecule has 156 valence electrons. The lowest BCUT2D eigenvalue weighted by atomic mass is 10.0. The number of nitrogen functional groups attached to an aromatic ring is 1. The smallest absolute Gasteiger partial charge is 0.184 e. The van der Waals surface area contributed by atoms with Crippen LogP contribution in [0.1, 0.15) is 36.8 Å². The molecule has 3 rings (SSSR count). The maximum Gasteiger partial charge on any atom is 0.184 e. The predicted molar refractivity (Wildman–Crippen MR) is 115 cm³/mol. The molecule has 6 nitrogen and oxygen atoms in total. The van der Waals surface area contributed by atoms with E-state index < -0.39 is 5.82 Å². The van der Waals surface area contributed by atoms with Gasteiger partial charge in [-0.3, -0.25) is 5.10 Å². The highest BCUT2D eigenvalue weighted by Crippen LogP contribution is 2.27. The molecule has 0 fully saturated rings. The summed E-state index contributed by atoms with van der Waals surface area (Å²) in [5, 5.41) is 18.5. The minimum atomic E-state index is -0.567. The molecule has 0 saturated heterocycles. The van der Waals surface area contributed by atoms with Crippen LogP contribution in [-0.2, 0) is 0 Å². The molecule has 8 heteroatoms. The van der Waals surface area contributed by atoms with Gasteiger partial charge in [0.15, 0.2) is 5.82 Å². The van der Waals surface area contributed by atoms with Crippen LogP contribution in [0.25, 0.3) is 17.5 Å². The summed E-state index contributed by atoms with van der Waals surface area (Å²) in [6.07, 6.45) is 3.19. The first-order valence-electron chi connectivity index (χ1n) is 9.51. The van der Waals surface area contributed by atoms with Gasteiger partial charge in [-0.2, -0.15) is 5.10 Å². The van der Waals surface area contributed by atoms with Crippen LogP contribution in [0.15, 0.2) is 42.5 Å². The Morgan fingerprint density at radius 2 is 1.90 bits per heavy atom. The molecule has 1 aromatic heterocycles. The van der Waals surface area contributed by atoms with Crippen LogP contribution < -0.4 is 11.1 Å². The summed E-state index contributed by atoms with van der Waals surface area (Å²) in [5.74, 6) is 0.153. The van der Waals surface area contributed by atoms with E-state index in [1.807, 2.05) is 20.9 Å². The summed E-state index contributed by atoms with van der Waals surface area (Å²) in [5.41, 5.74) is 7.41. The maximum atomic E-state index is 14.6. The Bertz CT molecular complexity index is 1070. The zero-order chi connectivity index (χ0) is 21.8. The molecule has 0 aliphatic rings. The number of hydrogen-bond acceptors (Lipinski definition) is 5. The lowest BCUT2D eigenvalue weighted by Crippen LogP contribution is -2.22. The molecule has 0 radical (unpaired) electrons. The van der Waals surface area contributed by atoms with Gasteiger partial charge in [0.05, 0.1) is 17.3 Å². The summed E-state index contributed by atoms with van der Waals surface area (Å²) in [4.78, 5) is 4.43. The lowest BCUT2D eigenvalue weighted by Gasteiger charge is -2.16. The second-order valence-electron chi connectivity index (χ2n) is 7.27. The topological polar surface area (TPSA) is 103 Å². The van der Waals surface area contributed by atoms with Gasteiger partial charge in [-0.25, -0.2) is 13.8 Å². The van der Waals surface area contributed by atoms with Crippen molar-refractivity contribution in [2.75, 3.05) is 12.8 Å². The van der Waals surface area contributed by atoms with E-state index in [0.717, 1.165) is 5.56 Å². The van der Waals surface area contributed by atoms with Gasteiger partial charge in [0.2, 0.25) is 0 Å². The Kier molecular flexibility index (Phi) is 6.37.